The van der Waals surface area contributed by atoms with Crippen molar-refractivity contribution >= 4 is 23.1 Å². The van der Waals surface area contributed by atoms with Crippen LogP contribution in [0.15, 0.2) is 0 Å². The first-order valence-corrected chi connectivity index (χ1v) is 5.73. The Morgan fingerprint density at radius 3 is 0.750 bits per heavy atom. The maximum Gasteiger partial charge on any atom is 0.198 e. The van der Waals surface area contributed by atoms with Crippen LogP contribution in [0.2, 0.25) is 0 Å². The zero-order valence-electron chi connectivity index (χ0n) is 9.29. The zero-order chi connectivity index (χ0) is 12.0. The molecule has 4 heteroatoms. The number of carbonyl (C=O) groups excluding carboxylic acids is 4. The molecule has 0 aromatic rings. The van der Waals surface area contributed by atoms with Crippen molar-refractivity contribution in [2.75, 3.05) is 0 Å². The van der Waals surface area contributed by atoms with Crippen LogP contribution < -0.4 is 0 Å². The van der Waals surface area contributed by atoms with Crippen LogP contribution in [0.25, 0.3) is 0 Å². The van der Waals surface area contributed by atoms with Crippen molar-refractivity contribution in [2.24, 2.45) is 0 Å². The van der Waals surface area contributed by atoms with E-state index in [0.717, 1.165) is 25.7 Å². The molecule has 4 nitrogen and oxygen atoms in total. The highest BCUT2D eigenvalue weighted by atomic mass is 16.2. The van der Waals surface area contributed by atoms with Gasteiger partial charge < -0.3 is 0 Å². The van der Waals surface area contributed by atoms with Crippen LogP contribution in [0, 0.1) is 0 Å². The predicted molar refractivity (Wildman–Crippen MR) is 57.0 cm³/mol. The van der Waals surface area contributed by atoms with Crippen LogP contribution >= 0.6 is 0 Å². The molecule has 0 aliphatic heterocycles. The summed E-state index contributed by atoms with van der Waals surface area (Å²) in [5.41, 5.74) is 0. The molecular weight excluding hydrogens is 208 g/mol. The zero-order valence-corrected chi connectivity index (χ0v) is 9.29. The van der Waals surface area contributed by atoms with Crippen molar-refractivity contribution in [3.05, 3.63) is 0 Å². The van der Waals surface area contributed by atoms with Crippen molar-refractivity contribution < 1.29 is 19.2 Å². The van der Waals surface area contributed by atoms with Crippen LogP contribution in [-0.4, -0.2) is 23.1 Å². The fraction of sp³-hybridized carbons (Fsp3) is 0.667. The summed E-state index contributed by atoms with van der Waals surface area (Å²) >= 11 is 0. The lowest BCUT2D eigenvalue weighted by atomic mass is 9.98. The summed E-state index contributed by atoms with van der Waals surface area (Å²) < 4.78 is 0. The molecule has 2 aliphatic carbocycles. The summed E-state index contributed by atoms with van der Waals surface area (Å²) in [6.07, 6.45) is 5.57. The highest BCUT2D eigenvalue weighted by Crippen LogP contribution is 2.10. The second-order valence-electron chi connectivity index (χ2n) is 4.11. The van der Waals surface area contributed by atoms with E-state index in [0.29, 0.717) is 25.7 Å². The Kier molecular flexibility index (Phi) is 5.02. The van der Waals surface area contributed by atoms with Crippen LogP contribution in [-0.2, 0) is 19.2 Å². The van der Waals surface area contributed by atoms with Crippen LogP contribution in [0.3, 0.4) is 0 Å². The number of ketones is 4. The Morgan fingerprint density at radius 1 is 0.438 bits per heavy atom. The largest absolute Gasteiger partial charge is 0.291 e. The second kappa shape index (κ2) is 6.30. The van der Waals surface area contributed by atoms with Crippen molar-refractivity contribution in [2.45, 2.75) is 51.4 Å². The summed E-state index contributed by atoms with van der Waals surface area (Å²) in [7, 11) is 0. The molecule has 0 heterocycles. The van der Waals surface area contributed by atoms with E-state index in [1.807, 2.05) is 0 Å². The van der Waals surface area contributed by atoms with Gasteiger partial charge in [-0.05, 0) is 25.7 Å². The molecule has 2 aliphatic rings. The third-order valence-electron chi connectivity index (χ3n) is 2.74. The Bertz CT molecular complexity index is 253. The monoisotopic (exact) mass is 224 g/mol. The molecule has 0 saturated heterocycles. The van der Waals surface area contributed by atoms with Crippen molar-refractivity contribution in [3.8, 4) is 0 Å². The summed E-state index contributed by atoms with van der Waals surface area (Å²) in [6, 6.07) is 0. The highest BCUT2D eigenvalue weighted by molar-refractivity contribution is 6.38. The molecule has 0 unspecified atom stereocenters. The minimum absolute atomic E-state index is 0.170. The van der Waals surface area contributed by atoms with Gasteiger partial charge >= 0.3 is 0 Å². The summed E-state index contributed by atoms with van der Waals surface area (Å²) in [5.74, 6) is -0.681. The second-order valence-corrected chi connectivity index (χ2v) is 4.11. The smallest absolute Gasteiger partial charge is 0.198 e. The summed E-state index contributed by atoms with van der Waals surface area (Å²) in [5, 5.41) is 0. The lowest BCUT2D eigenvalue weighted by Gasteiger charge is -2.04. The van der Waals surface area contributed by atoms with Gasteiger partial charge in [0.2, 0.25) is 0 Å². The van der Waals surface area contributed by atoms with E-state index < -0.39 is 0 Å². The van der Waals surface area contributed by atoms with E-state index in [-0.39, 0.29) is 23.1 Å². The van der Waals surface area contributed by atoms with Gasteiger partial charge in [-0.2, -0.15) is 0 Å². The predicted octanol–water partition coefficient (Wildman–Crippen LogP) is 1.40. The summed E-state index contributed by atoms with van der Waals surface area (Å²) in [4.78, 5) is 41.8. The molecule has 88 valence electrons. The van der Waals surface area contributed by atoms with Crippen LogP contribution in [0.4, 0.5) is 0 Å². The molecule has 0 aromatic heterocycles. The lowest BCUT2D eigenvalue weighted by Crippen LogP contribution is -2.17. The molecule has 0 bridgehead atoms. The van der Waals surface area contributed by atoms with E-state index in [9.17, 15) is 19.2 Å². The molecule has 16 heavy (non-hydrogen) atoms. The first kappa shape index (κ1) is 12.7. The van der Waals surface area contributed by atoms with E-state index in [1.54, 1.807) is 0 Å². The van der Waals surface area contributed by atoms with Crippen molar-refractivity contribution in [3.63, 3.8) is 0 Å². The van der Waals surface area contributed by atoms with E-state index >= 15 is 0 Å². The normalized spacial score (nSPS) is 21.5. The van der Waals surface area contributed by atoms with Gasteiger partial charge in [-0.3, -0.25) is 19.2 Å². The maximum atomic E-state index is 10.4. The molecule has 0 atom stereocenters. The van der Waals surface area contributed by atoms with Gasteiger partial charge in [-0.25, -0.2) is 0 Å². The van der Waals surface area contributed by atoms with Crippen molar-refractivity contribution in [1.82, 2.24) is 0 Å². The number of carbonyl (C=O) groups is 4. The molecule has 0 spiro atoms. The van der Waals surface area contributed by atoms with Crippen molar-refractivity contribution in [1.29, 1.82) is 0 Å². The Labute approximate surface area is 94.4 Å². The molecule has 0 N–H and O–H groups in total. The number of hydrogen-bond donors (Lipinski definition) is 0. The first-order chi connectivity index (χ1) is 7.61. The van der Waals surface area contributed by atoms with Crippen LogP contribution in [0.1, 0.15) is 51.4 Å². The molecule has 2 saturated carbocycles. The third kappa shape index (κ3) is 4.04. The average molecular weight is 224 g/mol. The Balaban J connectivity index is 0.000000160. The number of rotatable bonds is 0. The molecule has 2 fully saturated rings. The van der Waals surface area contributed by atoms with E-state index in [2.05, 4.69) is 0 Å². The minimum Gasteiger partial charge on any atom is -0.291 e. The van der Waals surface area contributed by atoms with Gasteiger partial charge in [0.25, 0.3) is 0 Å². The summed E-state index contributed by atoms with van der Waals surface area (Å²) in [6.45, 7) is 0. The molecule has 2 rings (SSSR count). The number of hydrogen-bond acceptors (Lipinski definition) is 4. The highest BCUT2D eigenvalue weighted by Gasteiger charge is 2.17. The molecule has 0 radical (unpaired) electrons. The fourth-order valence-electron chi connectivity index (χ4n) is 1.70. The minimum atomic E-state index is -0.170. The maximum absolute atomic E-state index is 10.4. The van der Waals surface area contributed by atoms with Gasteiger partial charge in [-0.15, -0.1) is 0 Å². The van der Waals surface area contributed by atoms with Crippen LogP contribution in [0.5, 0.6) is 0 Å². The quantitative estimate of drug-likeness (QED) is 0.583. The van der Waals surface area contributed by atoms with Gasteiger partial charge in [0, 0.05) is 25.7 Å². The van der Waals surface area contributed by atoms with E-state index in [4.69, 9.17) is 0 Å². The molecule has 0 amide bonds. The topological polar surface area (TPSA) is 68.3 Å². The van der Waals surface area contributed by atoms with Gasteiger partial charge in [0.15, 0.2) is 23.1 Å². The van der Waals surface area contributed by atoms with Gasteiger partial charge in [-0.1, -0.05) is 0 Å². The Hall–Kier alpha value is -1.32. The SMILES string of the molecule is O=C1CCCCC1=O.O=C1CCCCC1=O. The standard InChI is InChI=1S/2C6H8O2/c2*7-5-3-1-2-4-6(5)8/h2*1-4H2. The molecule has 0 aromatic carbocycles. The molecular formula is C12H16O4. The Morgan fingerprint density at radius 2 is 0.625 bits per heavy atom. The van der Waals surface area contributed by atoms with E-state index in [1.165, 1.54) is 0 Å². The average Bonchev–Trinajstić information content (AvgIpc) is 2.28. The first-order valence-electron chi connectivity index (χ1n) is 5.73. The fourth-order valence-corrected chi connectivity index (χ4v) is 1.70. The number of Topliss-reactive ketones (excluding diaryl/α,β-unsaturated/α-hetero) is 4. The van der Waals surface area contributed by atoms with Gasteiger partial charge in [0.1, 0.15) is 0 Å². The van der Waals surface area contributed by atoms with Gasteiger partial charge in [0.05, 0.1) is 0 Å². The lowest BCUT2D eigenvalue weighted by molar-refractivity contribution is -0.137. The third-order valence-corrected chi connectivity index (χ3v) is 2.74.